The second-order valence-electron chi connectivity index (χ2n) is 5.32. The number of hydrogen-bond acceptors (Lipinski definition) is 2. The molecule has 1 fully saturated rings. The zero-order valence-electron chi connectivity index (χ0n) is 12.1. The monoisotopic (exact) mass is 276 g/mol. The van der Waals surface area contributed by atoms with Gasteiger partial charge in [-0.05, 0) is 38.3 Å². The number of aryl methyl sites for hydroxylation is 2. The summed E-state index contributed by atoms with van der Waals surface area (Å²) in [5.74, 6) is -0.926. The zero-order valence-corrected chi connectivity index (χ0v) is 12.1. The second kappa shape index (κ2) is 5.53. The molecular formula is C15H20N2O3. The Labute approximate surface area is 118 Å². The van der Waals surface area contributed by atoms with Crippen molar-refractivity contribution in [2.45, 2.75) is 32.7 Å². The third-order valence-corrected chi connectivity index (χ3v) is 3.78. The van der Waals surface area contributed by atoms with E-state index in [1.807, 2.05) is 32.0 Å². The second-order valence-corrected chi connectivity index (χ2v) is 5.32. The van der Waals surface area contributed by atoms with Gasteiger partial charge in [-0.2, -0.15) is 0 Å². The first-order valence-electron chi connectivity index (χ1n) is 6.76. The fraction of sp³-hybridized carbons (Fsp3) is 0.467. The highest BCUT2D eigenvalue weighted by Crippen LogP contribution is 2.24. The normalized spacial score (nSPS) is 18.1. The SMILES string of the molecule is Cc1ccc(N(C)C(=O)N2CCCC2C(=O)O)c(C)c1. The number of benzene rings is 1. The van der Waals surface area contributed by atoms with E-state index < -0.39 is 12.0 Å². The van der Waals surface area contributed by atoms with Crippen LogP contribution in [0.5, 0.6) is 0 Å². The summed E-state index contributed by atoms with van der Waals surface area (Å²) in [6.07, 6.45) is 1.27. The molecule has 20 heavy (non-hydrogen) atoms. The molecule has 108 valence electrons. The molecule has 1 aromatic carbocycles. The van der Waals surface area contributed by atoms with Gasteiger partial charge in [0.25, 0.3) is 0 Å². The summed E-state index contributed by atoms with van der Waals surface area (Å²) in [5, 5.41) is 9.16. The molecule has 5 heteroatoms. The van der Waals surface area contributed by atoms with Crippen molar-refractivity contribution in [3.05, 3.63) is 29.3 Å². The van der Waals surface area contributed by atoms with E-state index in [9.17, 15) is 9.59 Å². The summed E-state index contributed by atoms with van der Waals surface area (Å²) in [7, 11) is 1.69. The van der Waals surface area contributed by atoms with Crippen molar-refractivity contribution in [1.29, 1.82) is 0 Å². The van der Waals surface area contributed by atoms with Crippen LogP contribution in [0.2, 0.25) is 0 Å². The van der Waals surface area contributed by atoms with E-state index in [4.69, 9.17) is 5.11 Å². The molecule has 1 N–H and O–H groups in total. The topological polar surface area (TPSA) is 60.9 Å². The van der Waals surface area contributed by atoms with E-state index in [2.05, 4.69) is 0 Å². The average molecular weight is 276 g/mol. The maximum absolute atomic E-state index is 12.5. The molecule has 0 radical (unpaired) electrons. The van der Waals surface area contributed by atoms with Gasteiger partial charge in [0, 0.05) is 19.3 Å². The van der Waals surface area contributed by atoms with E-state index in [1.54, 1.807) is 7.05 Å². The molecule has 1 aliphatic rings. The van der Waals surface area contributed by atoms with Crippen LogP contribution in [0.1, 0.15) is 24.0 Å². The minimum absolute atomic E-state index is 0.248. The van der Waals surface area contributed by atoms with Gasteiger partial charge in [0.05, 0.1) is 0 Å². The van der Waals surface area contributed by atoms with Gasteiger partial charge in [0.2, 0.25) is 0 Å². The van der Waals surface area contributed by atoms with Crippen molar-refractivity contribution in [2.24, 2.45) is 0 Å². The molecule has 1 atom stereocenters. The first-order valence-corrected chi connectivity index (χ1v) is 6.76. The number of aliphatic carboxylic acids is 1. The summed E-state index contributed by atoms with van der Waals surface area (Å²) in [4.78, 5) is 26.6. The van der Waals surface area contributed by atoms with Gasteiger partial charge < -0.3 is 10.0 Å². The fourth-order valence-electron chi connectivity index (χ4n) is 2.73. The lowest BCUT2D eigenvalue weighted by atomic mass is 10.1. The number of carbonyl (C=O) groups excluding carboxylic acids is 1. The van der Waals surface area contributed by atoms with Crippen molar-refractivity contribution in [3.63, 3.8) is 0 Å². The molecule has 1 aliphatic heterocycles. The average Bonchev–Trinajstić information content (AvgIpc) is 2.86. The Bertz CT molecular complexity index is 542. The smallest absolute Gasteiger partial charge is 0.326 e. The fourth-order valence-corrected chi connectivity index (χ4v) is 2.73. The minimum Gasteiger partial charge on any atom is -0.480 e. The summed E-state index contributed by atoms with van der Waals surface area (Å²) in [6.45, 7) is 4.45. The van der Waals surface area contributed by atoms with Crippen molar-refractivity contribution in [3.8, 4) is 0 Å². The number of amides is 2. The van der Waals surface area contributed by atoms with E-state index in [-0.39, 0.29) is 6.03 Å². The van der Waals surface area contributed by atoms with Crippen molar-refractivity contribution < 1.29 is 14.7 Å². The molecule has 0 aromatic heterocycles. The largest absolute Gasteiger partial charge is 0.480 e. The Morgan fingerprint density at radius 2 is 2.05 bits per heavy atom. The summed E-state index contributed by atoms with van der Waals surface area (Å²) in [6, 6.07) is 4.91. The van der Waals surface area contributed by atoms with Crippen LogP contribution in [-0.2, 0) is 4.79 Å². The standard InChI is InChI=1S/C15H20N2O3/c1-10-6-7-12(11(2)9-10)16(3)15(20)17-8-4-5-13(17)14(18)19/h6-7,9,13H,4-5,8H2,1-3H3,(H,18,19). The molecule has 1 unspecified atom stereocenters. The van der Waals surface area contributed by atoms with Crippen LogP contribution in [-0.4, -0.2) is 41.6 Å². The number of hydrogen-bond donors (Lipinski definition) is 1. The number of carboxylic acids is 1. The van der Waals surface area contributed by atoms with E-state index >= 15 is 0 Å². The molecule has 0 aliphatic carbocycles. The molecule has 0 saturated carbocycles. The maximum atomic E-state index is 12.5. The van der Waals surface area contributed by atoms with Crippen LogP contribution < -0.4 is 4.90 Å². The van der Waals surface area contributed by atoms with Crippen LogP contribution in [0.25, 0.3) is 0 Å². The Balaban J connectivity index is 2.22. The Kier molecular flexibility index (Phi) is 3.97. The lowest BCUT2D eigenvalue weighted by molar-refractivity contribution is -0.141. The number of anilines is 1. The molecule has 2 amide bonds. The lowest BCUT2D eigenvalue weighted by Crippen LogP contribution is -2.47. The highest BCUT2D eigenvalue weighted by molar-refractivity contribution is 5.95. The highest BCUT2D eigenvalue weighted by atomic mass is 16.4. The van der Waals surface area contributed by atoms with Crippen LogP contribution in [0, 0.1) is 13.8 Å². The van der Waals surface area contributed by atoms with Gasteiger partial charge in [0.15, 0.2) is 0 Å². The number of urea groups is 1. The predicted octanol–water partition coefficient (Wildman–Crippen LogP) is 2.41. The molecule has 2 rings (SSSR count). The zero-order chi connectivity index (χ0) is 14.9. The third kappa shape index (κ3) is 2.61. The number of carboxylic acid groups (broad SMARTS) is 1. The van der Waals surface area contributed by atoms with Crippen LogP contribution in [0.15, 0.2) is 18.2 Å². The van der Waals surface area contributed by atoms with Gasteiger partial charge >= 0.3 is 12.0 Å². The number of rotatable bonds is 2. The highest BCUT2D eigenvalue weighted by Gasteiger charge is 2.35. The molecule has 1 aromatic rings. The first kappa shape index (κ1) is 14.4. The maximum Gasteiger partial charge on any atom is 0.326 e. The van der Waals surface area contributed by atoms with Crippen LogP contribution in [0.4, 0.5) is 10.5 Å². The molecule has 5 nitrogen and oxygen atoms in total. The minimum atomic E-state index is -0.926. The van der Waals surface area contributed by atoms with Crippen LogP contribution in [0.3, 0.4) is 0 Å². The summed E-state index contributed by atoms with van der Waals surface area (Å²) in [5.41, 5.74) is 2.96. The van der Waals surface area contributed by atoms with Crippen molar-refractivity contribution >= 4 is 17.7 Å². The van der Waals surface area contributed by atoms with Crippen molar-refractivity contribution in [1.82, 2.24) is 4.90 Å². The molecule has 1 saturated heterocycles. The van der Waals surface area contributed by atoms with E-state index in [0.29, 0.717) is 13.0 Å². The van der Waals surface area contributed by atoms with Crippen LogP contribution >= 0.6 is 0 Å². The third-order valence-electron chi connectivity index (χ3n) is 3.78. The van der Waals surface area contributed by atoms with E-state index in [1.165, 1.54) is 9.80 Å². The molecular weight excluding hydrogens is 256 g/mol. The van der Waals surface area contributed by atoms with Gasteiger partial charge in [-0.3, -0.25) is 4.90 Å². The number of likely N-dealkylation sites (tertiary alicyclic amines) is 1. The molecule has 1 heterocycles. The quantitative estimate of drug-likeness (QED) is 0.902. The Morgan fingerprint density at radius 1 is 1.35 bits per heavy atom. The van der Waals surface area contributed by atoms with Gasteiger partial charge in [-0.15, -0.1) is 0 Å². The molecule has 0 bridgehead atoms. The predicted molar refractivity (Wildman–Crippen MR) is 77.1 cm³/mol. The molecule has 0 spiro atoms. The lowest BCUT2D eigenvalue weighted by Gasteiger charge is -2.28. The number of carbonyl (C=O) groups is 2. The Morgan fingerprint density at radius 3 is 2.65 bits per heavy atom. The van der Waals surface area contributed by atoms with Gasteiger partial charge in [-0.25, -0.2) is 9.59 Å². The van der Waals surface area contributed by atoms with Crippen molar-refractivity contribution in [2.75, 3.05) is 18.5 Å². The van der Waals surface area contributed by atoms with E-state index in [0.717, 1.165) is 23.2 Å². The van der Waals surface area contributed by atoms with Gasteiger partial charge in [-0.1, -0.05) is 17.7 Å². The summed E-state index contributed by atoms with van der Waals surface area (Å²) < 4.78 is 0. The first-order chi connectivity index (χ1) is 9.41. The van der Waals surface area contributed by atoms with Gasteiger partial charge in [0.1, 0.15) is 6.04 Å². The number of nitrogens with zero attached hydrogens (tertiary/aromatic N) is 2. The summed E-state index contributed by atoms with van der Waals surface area (Å²) >= 11 is 0. The Hall–Kier alpha value is -2.04.